The monoisotopic (exact) mass is 210 g/mol. The first-order chi connectivity index (χ1) is 7.18. The number of carbonyl (C=O) groups is 1. The van der Waals surface area contributed by atoms with E-state index in [2.05, 4.69) is 10.6 Å². The molecule has 0 saturated heterocycles. The van der Waals surface area contributed by atoms with Gasteiger partial charge in [0.2, 0.25) is 5.91 Å². The van der Waals surface area contributed by atoms with Crippen molar-refractivity contribution in [3.05, 3.63) is 0 Å². The molecule has 2 saturated carbocycles. The molecule has 0 aromatic rings. The third-order valence-corrected chi connectivity index (χ3v) is 3.84. The van der Waals surface area contributed by atoms with E-state index in [4.69, 9.17) is 0 Å². The summed E-state index contributed by atoms with van der Waals surface area (Å²) in [4.78, 5) is 11.5. The minimum absolute atomic E-state index is 0.0406. The molecule has 86 valence electrons. The minimum Gasteiger partial charge on any atom is -0.355 e. The Morgan fingerprint density at radius 1 is 1.47 bits per heavy atom. The van der Waals surface area contributed by atoms with Gasteiger partial charge in [0.15, 0.2) is 0 Å². The van der Waals surface area contributed by atoms with Crippen molar-refractivity contribution in [2.75, 3.05) is 13.1 Å². The Morgan fingerprint density at radius 3 is 2.60 bits per heavy atom. The lowest BCUT2D eigenvalue weighted by atomic mass is 10.0. The molecule has 0 heterocycles. The van der Waals surface area contributed by atoms with Gasteiger partial charge < -0.3 is 10.6 Å². The average molecular weight is 210 g/mol. The van der Waals surface area contributed by atoms with Crippen molar-refractivity contribution >= 4 is 5.91 Å². The highest BCUT2D eigenvalue weighted by Gasteiger charge is 2.53. The number of hydrogen-bond acceptors (Lipinski definition) is 2. The molecule has 2 aliphatic carbocycles. The molecule has 15 heavy (non-hydrogen) atoms. The highest BCUT2D eigenvalue weighted by Crippen LogP contribution is 2.60. The van der Waals surface area contributed by atoms with E-state index in [-0.39, 0.29) is 11.9 Å². The number of likely N-dealkylation sites (N-methyl/N-ethyl adjacent to an activating group) is 1. The first kappa shape index (κ1) is 10.9. The predicted octanol–water partition coefficient (Wildman–Crippen LogP) is 1.29. The molecule has 2 fully saturated rings. The van der Waals surface area contributed by atoms with E-state index in [1.165, 1.54) is 25.7 Å². The molecule has 1 atom stereocenters. The van der Waals surface area contributed by atoms with Gasteiger partial charge in [0.25, 0.3) is 0 Å². The molecule has 0 aliphatic heterocycles. The van der Waals surface area contributed by atoms with Gasteiger partial charge in [-0.2, -0.15) is 0 Å². The van der Waals surface area contributed by atoms with Crippen LogP contribution in [0.25, 0.3) is 0 Å². The smallest absolute Gasteiger partial charge is 0.236 e. The second kappa shape index (κ2) is 4.12. The first-order valence-electron chi connectivity index (χ1n) is 6.19. The Bertz CT molecular complexity index is 244. The molecule has 0 radical (unpaired) electrons. The Balaban J connectivity index is 1.70. The van der Waals surface area contributed by atoms with Crippen LogP contribution in [0, 0.1) is 11.3 Å². The Labute approximate surface area is 92.0 Å². The maximum atomic E-state index is 11.5. The van der Waals surface area contributed by atoms with Gasteiger partial charge in [0, 0.05) is 13.1 Å². The standard InChI is InChI=1S/C12H22N2O/c1-3-13-11(15)9(2)14-8-12(6-7-12)10-4-5-10/h9-10,14H,3-8H2,1-2H3,(H,13,15). The van der Waals surface area contributed by atoms with Crippen LogP contribution >= 0.6 is 0 Å². The molecule has 0 aromatic heterocycles. The van der Waals surface area contributed by atoms with Crippen molar-refractivity contribution in [1.29, 1.82) is 0 Å². The predicted molar refractivity (Wildman–Crippen MR) is 60.5 cm³/mol. The largest absolute Gasteiger partial charge is 0.355 e. The van der Waals surface area contributed by atoms with Crippen molar-refractivity contribution in [3.8, 4) is 0 Å². The molecule has 2 aliphatic rings. The fourth-order valence-electron chi connectivity index (χ4n) is 2.36. The number of carbonyl (C=O) groups excluding carboxylic acids is 1. The van der Waals surface area contributed by atoms with Crippen molar-refractivity contribution in [2.45, 2.75) is 45.6 Å². The van der Waals surface area contributed by atoms with Gasteiger partial charge in [-0.15, -0.1) is 0 Å². The van der Waals surface area contributed by atoms with Gasteiger partial charge >= 0.3 is 0 Å². The van der Waals surface area contributed by atoms with E-state index in [0.29, 0.717) is 5.41 Å². The second-order valence-corrected chi connectivity index (χ2v) is 5.13. The van der Waals surface area contributed by atoms with E-state index >= 15 is 0 Å². The van der Waals surface area contributed by atoms with Crippen LogP contribution in [0.15, 0.2) is 0 Å². The van der Waals surface area contributed by atoms with Crippen LogP contribution < -0.4 is 10.6 Å². The molecular weight excluding hydrogens is 188 g/mol. The zero-order valence-electron chi connectivity index (χ0n) is 9.81. The van der Waals surface area contributed by atoms with E-state index in [0.717, 1.165) is 19.0 Å². The van der Waals surface area contributed by atoms with Crippen LogP contribution in [-0.2, 0) is 4.79 Å². The maximum absolute atomic E-state index is 11.5. The van der Waals surface area contributed by atoms with Crippen molar-refractivity contribution in [1.82, 2.24) is 10.6 Å². The summed E-state index contributed by atoms with van der Waals surface area (Å²) in [7, 11) is 0. The SMILES string of the molecule is CCNC(=O)C(C)NCC1(C2CC2)CC1. The summed E-state index contributed by atoms with van der Waals surface area (Å²) < 4.78 is 0. The Kier molecular flexibility index (Phi) is 3.01. The van der Waals surface area contributed by atoms with E-state index < -0.39 is 0 Å². The molecule has 2 rings (SSSR count). The van der Waals surface area contributed by atoms with Gasteiger partial charge in [-0.1, -0.05) is 0 Å². The van der Waals surface area contributed by atoms with Gasteiger partial charge in [0.05, 0.1) is 6.04 Å². The maximum Gasteiger partial charge on any atom is 0.236 e. The summed E-state index contributed by atoms with van der Waals surface area (Å²) in [5, 5.41) is 6.22. The molecule has 3 nitrogen and oxygen atoms in total. The quantitative estimate of drug-likeness (QED) is 0.693. The number of rotatable bonds is 6. The van der Waals surface area contributed by atoms with Crippen molar-refractivity contribution < 1.29 is 4.79 Å². The van der Waals surface area contributed by atoms with Crippen LogP contribution in [0.2, 0.25) is 0 Å². The Morgan fingerprint density at radius 2 is 2.13 bits per heavy atom. The minimum atomic E-state index is -0.0406. The fourth-order valence-corrected chi connectivity index (χ4v) is 2.36. The van der Waals surface area contributed by atoms with Gasteiger partial charge in [0.1, 0.15) is 0 Å². The van der Waals surface area contributed by atoms with E-state index in [9.17, 15) is 4.79 Å². The molecule has 1 unspecified atom stereocenters. The van der Waals surface area contributed by atoms with Gasteiger partial charge in [-0.25, -0.2) is 0 Å². The second-order valence-electron chi connectivity index (χ2n) is 5.13. The lowest BCUT2D eigenvalue weighted by Crippen LogP contribution is -2.44. The summed E-state index contributed by atoms with van der Waals surface area (Å²) >= 11 is 0. The highest BCUT2D eigenvalue weighted by atomic mass is 16.2. The molecular formula is C12H22N2O. The number of hydrogen-bond donors (Lipinski definition) is 2. The third-order valence-electron chi connectivity index (χ3n) is 3.84. The molecule has 0 aromatic carbocycles. The van der Waals surface area contributed by atoms with Gasteiger partial charge in [-0.05, 0) is 50.9 Å². The number of nitrogens with one attached hydrogen (secondary N) is 2. The molecule has 0 spiro atoms. The van der Waals surface area contributed by atoms with Crippen LogP contribution in [0.4, 0.5) is 0 Å². The van der Waals surface area contributed by atoms with Gasteiger partial charge in [-0.3, -0.25) is 4.79 Å². The van der Waals surface area contributed by atoms with E-state index in [1.54, 1.807) is 0 Å². The summed E-state index contributed by atoms with van der Waals surface area (Å²) in [6.45, 7) is 5.67. The van der Waals surface area contributed by atoms with Crippen LogP contribution in [0.3, 0.4) is 0 Å². The molecule has 2 N–H and O–H groups in total. The van der Waals surface area contributed by atoms with Crippen molar-refractivity contribution in [2.24, 2.45) is 11.3 Å². The summed E-state index contributed by atoms with van der Waals surface area (Å²) in [6, 6.07) is -0.0406. The van der Waals surface area contributed by atoms with E-state index in [1.807, 2.05) is 13.8 Å². The normalized spacial score (nSPS) is 24.7. The van der Waals surface area contributed by atoms with Crippen LogP contribution in [-0.4, -0.2) is 25.0 Å². The highest BCUT2D eigenvalue weighted by molar-refractivity contribution is 5.81. The first-order valence-corrected chi connectivity index (χ1v) is 6.19. The lowest BCUT2D eigenvalue weighted by molar-refractivity contribution is -0.122. The zero-order valence-corrected chi connectivity index (χ0v) is 9.81. The summed E-state index contributed by atoms with van der Waals surface area (Å²) in [5.41, 5.74) is 0.584. The van der Waals surface area contributed by atoms with Crippen molar-refractivity contribution in [3.63, 3.8) is 0 Å². The molecule has 0 bridgehead atoms. The average Bonchev–Trinajstić information content (AvgIpc) is 3.04. The molecule has 3 heteroatoms. The molecule has 1 amide bonds. The van der Waals surface area contributed by atoms with Crippen LogP contribution in [0.5, 0.6) is 0 Å². The lowest BCUT2D eigenvalue weighted by Gasteiger charge is -2.19. The topological polar surface area (TPSA) is 41.1 Å². The fraction of sp³-hybridized carbons (Fsp3) is 0.917. The zero-order chi connectivity index (χ0) is 10.9. The number of amides is 1. The third kappa shape index (κ3) is 2.51. The summed E-state index contributed by atoms with van der Waals surface area (Å²) in [6.07, 6.45) is 5.56. The summed E-state index contributed by atoms with van der Waals surface area (Å²) in [5.74, 6) is 1.09. The van der Waals surface area contributed by atoms with Crippen LogP contribution in [0.1, 0.15) is 39.5 Å². The Hall–Kier alpha value is -0.570.